The van der Waals surface area contributed by atoms with Crippen molar-refractivity contribution in [2.24, 2.45) is 0 Å². The smallest absolute Gasteiger partial charge is 0.326 e. The highest BCUT2D eigenvalue weighted by atomic mass is 16.4. The number of rotatable bonds is 6. The summed E-state index contributed by atoms with van der Waals surface area (Å²) in [5.74, 6) is -0.732. The summed E-state index contributed by atoms with van der Waals surface area (Å²) in [5.41, 5.74) is 0. The molecule has 94 valence electrons. The van der Waals surface area contributed by atoms with Crippen LogP contribution in [-0.4, -0.2) is 43.8 Å². The normalized spacial score (nSPS) is 11.8. The standard InChI is InChI=1S/C8H14N6O3/c1-2-3-5(7(15)16)10-8(17)9-4-6-11-13-14-12-6/h5H,2-4H2,1H3,(H,15,16)(H2,9,10,17)(H,11,12,13,14)/t5-/m1/s1. The third kappa shape index (κ3) is 4.45. The van der Waals surface area contributed by atoms with Gasteiger partial charge in [-0.25, -0.2) is 9.59 Å². The van der Waals surface area contributed by atoms with Crippen molar-refractivity contribution in [2.45, 2.75) is 32.4 Å². The summed E-state index contributed by atoms with van der Waals surface area (Å²) in [4.78, 5) is 22.1. The number of hydrogen-bond acceptors (Lipinski definition) is 5. The molecule has 1 aromatic heterocycles. The Morgan fingerprint density at radius 3 is 2.82 bits per heavy atom. The van der Waals surface area contributed by atoms with Crippen LogP contribution in [-0.2, 0) is 11.3 Å². The van der Waals surface area contributed by atoms with E-state index in [4.69, 9.17) is 5.11 Å². The molecule has 0 unspecified atom stereocenters. The van der Waals surface area contributed by atoms with E-state index in [1.807, 2.05) is 6.92 Å². The van der Waals surface area contributed by atoms with Gasteiger partial charge in [0.15, 0.2) is 5.82 Å². The van der Waals surface area contributed by atoms with Crippen LogP contribution >= 0.6 is 0 Å². The zero-order chi connectivity index (χ0) is 12.7. The van der Waals surface area contributed by atoms with Gasteiger partial charge in [0.2, 0.25) is 0 Å². The van der Waals surface area contributed by atoms with Crippen LogP contribution < -0.4 is 10.6 Å². The maximum atomic E-state index is 11.4. The molecule has 0 bridgehead atoms. The van der Waals surface area contributed by atoms with Crippen LogP contribution in [0.2, 0.25) is 0 Å². The van der Waals surface area contributed by atoms with Gasteiger partial charge in [-0.3, -0.25) is 0 Å². The second kappa shape index (κ2) is 6.40. The minimum atomic E-state index is -1.05. The number of aromatic nitrogens is 4. The zero-order valence-corrected chi connectivity index (χ0v) is 9.30. The van der Waals surface area contributed by atoms with Crippen molar-refractivity contribution in [3.63, 3.8) is 0 Å². The van der Waals surface area contributed by atoms with Crippen LogP contribution in [0.5, 0.6) is 0 Å². The first-order chi connectivity index (χ1) is 8.13. The van der Waals surface area contributed by atoms with Crippen molar-refractivity contribution in [3.8, 4) is 0 Å². The van der Waals surface area contributed by atoms with Gasteiger partial charge in [0.25, 0.3) is 0 Å². The Kier molecular flexibility index (Phi) is 4.85. The zero-order valence-electron chi connectivity index (χ0n) is 9.30. The molecule has 0 saturated heterocycles. The Morgan fingerprint density at radius 2 is 2.29 bits per heavy atom. The molecule has 0 aliphatic carbocycles. The Morgan fingerprint density at radius 1 is 1.53 bits per heavy atom. The van der Waals surface area contributed by atoms with E-state index in [0.29, 0.717) is 18.7 Å². The summed E-state index contributed by atoms with van der Waals surface area (Å²) in [7, 11) is 0. The topological polar surface area (TPSA) is 133 Å². The number of aromatic amines is 1. The monoisotopic (exact) mass is 242 g/mol. The molecule has 0 radical (unpaired) electrons. The highest BCUT2D eigenvalue weighted by molar-refractivity contribution is 5.82. The molecule has 0 saturated carbocycles. The molecule has 1 rings (SSSR count). The second-order valence-electron chi connectivity index (χ2n) is 3.33. The molecule has 9 nitrogen and oxygen atoms in total. The number of carboxylic acid groups (broad SMARTS) is 1. The fourth-order valence-corrected chi connectivity index (χ4v) is 1.17. The molecule has 0 aliphatic heterocycles. The maximum absolute atomic E-state index is 11.4. The minimum Gasteiger partial charge on any atom is -0.480 e. The van der Waals surface area contributed by atoms with Crippen molar-refractivity contribution < 1.29 is 14.7 Å². The van der Waals surface area contributed by atoms with Crippen LogP contribution in [0, 0.1) is 0 Å². The van der Waals surface area contributed by atoms with E-state index in [2.05, 4.69) is 31.3 Å². The quantitative estimate of drug-likeness (QED) is 0.519. The van der Waals surface area contributed by atoms with Gasteiger partial charge in [-0.15, -0.1) is 10.2 Å². The predicted octanol–water partition coefficient (Wildman–Crippen LogP) is -0.748. The van der Waals surface area contributed by atoms with E-state index in [-0.39, 0.29) is 6.54 Å². The van der Waals surface area contributed by atoms with Gasteiger partial charge < -0.3 is 15.7 Å². The molecule has 0 spiro atoms. The molecule has 2 amide bonds. The van der Waals surface area contributed by atoms with Gasteiger partial charge >= 0.3 is 12.0 Å². The number of carbonyl (C=O) groups excluding carboxylic acids is 1. The molecule has 1 heterocycles. The second-order valence-corrected chi connectivity index (χ2v) is 3.33. The summed E-state index contributed by atoms with van der Waals surface area (Å²) in [6.45, 7) is 1.93. The fraction of sp³-hybridized carbons (Fsp3) is 0.625. The number of carbonyl (C=O) groups is 2. The molecule has 0 aliphatic rings. The van der Waals surface area contributed by atoms with Gasteiger partial charge in [0.05, 0.1) is 6.54 Å². The lowest BCUT2D eigenvalue weighted by Gasteiger charge is -2.13. The third-order valence-electron chi connectivity index (χ3n) is 1.98. The number of hydrogen-bond donors (Lipinski definition) is 4. The van der Waals surface area contributed by atoms with E-state index in [1.165, 1.54) is 0 Å². The first-order valence-electron chi connectivity index (χ1n) is 5.13. The average Bonchev–Trinajstić information content (AvgIpc) is 2.78. The number of urea groups is 1. The largest absolute Gasteiger partial charge is 0.480 e. The summed E-state index contributed by atoms with van der Waals surface area (Å²) < 4.78 is 0. The Labute approximate surface area is 97.0 Å². The minimum absolute atomic E-state index is 0.0841. The first-order valence-corrected chi connectivity index (χ1v) is 5.13. The molecule has 4 N–H and O–H groups in total. The number of aliphatic carboxylic acids is 1. The highest BCUT2D eigenvalue weighted by Gasteiger charge is 2.18. The predicted molar refractivity (Wildman–Crippen MR) is 55.9 cm³/mol. The number of carboxylic acids is 1. The van der Waals surface area contributed by atoms with Crippen LogP contribution in [0.1, 0.15) is 25.6 Å². The van der Waals surface area contributed by atoms with E-state index >= 15 is 0 Å². The van der Waals surface area contributed by atoms with Crippen LogP contribution in [0.3, 0.4) is 0 Å². The molecular formula is C8H14N6O3. The van der Waals surface area contributed by atoms with Crippen molar-refractivity contribution in [2.75, 3.05) is 0 Å². The van der Waals surface area contributed by atoms with Crippen molar-refractivity contribution in [3.05, 3.63) is 5.82 Å². The van der Waals surface area contributed by atoms with E-state index in [9.17, 15) is 9.59 Å². The van der Waals surface area contributed by atoms with Gasteiger partial charge in [-0.05, 0) is 6.42 Å². The van der Waals surface area contributed by atoms with Crippen molar-refractivity contribution in [1.29, 1.82) is 0 Å². The lowest BCUT2D eigenvalue weighted by molar-refractivity contribution is -0.139. The Bertz CT molecular complexity index is 365. The lowest BCUT2D eigenvalue weighted by atomic mass is 10.2. The van der Waals surface area contributed by atoms with Gasteiger partial charge in [-0.2, -0.15) is 5.21 Å². The number of H-pyrrole nitrogens is 1. The molecular weight excluding hydrogens is 228 g/mol. The molecule has 17 heavy (non-hydrogen) atoms. The molecule has 9 heteroatoms. The Balaban J connectivity index is 2.34. The first kappa shape index (κ1) is 12.9. The van der Waals surface area contributed by atoms with Gasteiger partial charge in [0.1, 0.15) is 6.04 Å². The van der Waals surface area contributed by atoms with Gasteiger partial charge in [-0.1, -0.05) is 18.6 Å². The number of amides is 2. The molecule has 0 fully saturated rings. The fourth-order valence-electron chi connectivity index (χ4n) is 1.17. The van der Waals surface area contributed by atoms with E-state index in [1.54, 1.807) is 0 Å². The molecule has 1 atom stereocenters. The van der Waals surface area contributed by atoms with E-state index < -0.39 is 18.0 Å². The van der Waals surface area contributed by atoms with E-state index in [0.717, 1.165) is 0 Å². The van der Waals surface area contributed by atoms with Crippen LogP contribution in [0.4, 0.5) is 4.79 Å². The summed E-state index contributed by atoms with van der Waals surface area (Å²) in [6.07, 6.45) is 1.05. The number of nitrogens with zero attached hydrogens (tertiary/aromatic N) is 3. The lowest BCUT2D eigenvalue weighted by Crippen LogP contribution is -2.45. The summed E-state index contributed by atoms with van der Waals surface area (Å²) in [6, 6.07) is -1.46. The Hall–Kier alpha value is -2.19. The van der Waals surface area contributed by atoms with Crippen molar-refractivity contribution >= 4 is 12.0 Å². The number of nitrogens with one attached hydrogen (secondary N) is 3. The molecule has 0 aromatic carbocycles. The van der Waals surface area contributed by atoms with Crippen LogP contribution in [0.15, 0.2) is 0 Å². The summed E-state index contributed by atoms with van der Waals surface area (Å²) >= 11 is 0. The SMILES string of the molecule is CCC[C@@H](NC(=O)NCc1nn[nH]n1)C(=O)O. The van der Waals surface area contributed by atoms with Crippen molar-refractivity contribution in [1.82, 2.24) is 31.3 Å². The molecule has 1 aromatic rings. The third-order valence-corrected chi connectivity index (χ3v) is 1.98. The van der Waals surface area contributed by atoms with Gasteiger partial charge in [0, 0.05) is 0 Å². The number of tetrazole rings is 1. The maximum Gasteiger partial charge on any atom is 0.326 e. The summed E-state index contributed by atoms with van der Waals surface area (Å²) in [5, 5.41) is 26.4. The highest BCUT2D eigenvalue weighted by Crippen LogP contribution is 1.96. The van der Waals surface area contributed by atoms with Crippen LogP contribution in [0.25, 0.3) is 0 Å². The average molecular weight is 242 g/mol.